The molecule has 0 aliphatic carbocycles. The molecule has 1 atom stereocenters. The number of carbonyl (C=O) groups excluding carboxylic acids is 2. The van der Waals surface area contributed by atoms with Crippen molar-refractivity contribution in [2.24, 2.45) is 5.92 Å². The summed E-state index contributed by atoms with van der Waals surface area (Å²) in [6.07, 6.45) is 2.68. The molecule has 3 rings (SSSR count). The molecule has 0 aromatic heterocycles. The van der Waals surface area contributed by atoms with Crippen LogP contribution in [-0.4, -0.2) is 50.5 Å². The second-order valence-corrected chi connectivity index (χ2v) is 11.6. The van der Waals surface area contributed by atoms with Gasteiger partial charge in [0.05, 0.1) is 11.9 Å². The van der Waals surface area contributed by atoms with E-state index in [2.05, 4.69) is 10.0 Å². The fourth-order valence-corrected chi connectivity index (χ4v) is 5.00. The van der Waals surface area contributed by atoms with Gasteiger partial charge < -0.3 is 10.2 Å². The van der Waals surface area contributed by atoms with Crippen LogP contribution in [0.15, 0.2) is 42.5 Å². The molecule has 1 saturated heterocycles. The molecule has 10 heteroatoms. The Kier molecular flexibility index (Phi) is 8.49. The lowest BCUT2D eigenvalue weighted by atomic mass is 9.89. The molecule has 1 aliphatic heterocycles. The molecular weight excluding hydrogens is 497 g/mol. The van der Waals surface area contributed by atoms with Gasteiger partial charge in [-0.2, -0.15) is 0 Å². The molecule has 0 radical (unpaired) electrons. The summed E-state index contributed by atoms with van der Waals surface area (Å²) in [5, 5.41) is 3.72. The summed E-state index contributed by atoms with van der Waals surface area (Å²) in [5.74, 6) is -0.407. The molecule has 0 spiro atoms. The number of nitrogens with zero attached hydrogens (tertiary/aromatic N) is 1. The number of nitrogens with one attached hydrogen (secondary N) is 2. The molecule has 2 N–H and O–H groups in total. The molecule has 2 amide bonds. The van der Waals surface area contributed by atoms with Gasteiger partial charge in [-0.15, -0.1) is 0 Å². The van der Waals surface area contributed by atoms with Crippen molar-refractivity contribution in [3.63, 3.8) is 0 Å². The standard InChI is InChI=1S/C24H29Cl2N3O4S/c1-15(2)22(27-23(30)18-12-20(26)14-21(13-18)28-34(3,32)33)24(31)29-10-8-17(9-11-29)16-4-6-19(25)7-5-16/h4-7,12-15,17,22,28H,8-11H2,1-3H3,(H,27,30)/t22-/m1/s1. The lowest BCUT2D eigenvalue weighted by molar-refractivity contribution is -0.135. The van der Waals surface area contributed by atoms with Gasteiger partial charge in [-0.1, -0.05) is 49.2 Å². The van der Waals surface area contributed by atoms with Crippen LogP contribution in [0.25, 0.3) is 0 Å². The van der Waals surface area contributed by atoms with Crippen LogP contribution in [0.1, 0.15) is 48.5 Å². The van der Waals surface area contributed by atoms with Gasteiger partial charge in [0.15, 0.2) is 0 Å². The van der Waals surface area contributed by atoms with E-state index >= 15 is 0 Å². The van der Waals surface area contributed by atoms with E-state index in [1.54, 1.807) is 4.90 Å². The van der Waals surface area contributed by atoms with Gasteiger partial charge in [0.1, 0.15) is 6.04 Å². The fraction of sp³-hybridized carbons (Fsp3) is 0.417. The number of benzene rings is 2. The number of sulfonamides is 1. The minimum Gasteiger partial charge on any atom is -0.341 e. The number of hydrogen-bond acceptors (Lipinski definition) is 4. The zero-order valence-corrected chi connectivity index (χ0v) is 21.7. The van der Waals surface area contributed by atoms with Crippen LogP contribution in [0, 0.1) is 5.92 Å². The lowest BCUT2D eigenvalue weighted by Crippen LogP contribution is -2.52. The maximum Gasteiger partial charge on any atom is 0.252 e. The number of likely N-dealkylation sites (tertiary alicyclic amines) is 1. The maximum absolute atomic E-state index is 13.3. The van der Waals surface area contributed by atoms with Crippen LogP contribution >= 0.6 is 23.2 Å². The second-order valence-electron chi connectivity index (χ2n) is 8.95. The van der Waals surface area contributed by atoms with E-state index in [1.165, 1.54) is 23.8 Å². The Bertz CT molecular complexity index is 1150. The minimum atomic E-state index is -3.54. The third-order valence-electron chi connectivity index (χ3n) is 5.83. The zero-order chi connectivity index (χ0) is 25.0. The Hall–Kier alpha value is -2.29. The predicted molar refractivity (Wildman–Crippen MR) is 136 cm³/mol. The van der Waals surface area contributed by atoms with E-state index in [9.17, 15) is 18.0 Å². The quantitative estimate of drug-likeness (QED) is 0.555. The van der Waals surface area contributed by atoms with Gasteiger partial charge >= 0.3 is 0 Å². The molecular formula is C24H29Cl2N3O4S. The smallest absolute Gasteiger partial charge is 0.252 e. The molecule has 0 bridgehead atoms. The third kappa shape index (κ3) is 7.10. The molecule has 1 heterocycles. The first kappa shape index (κ1) is 26.3. The number of hydrogen-bond donors (Lipinski definition) is 2. The highest BCUT2D eigenvalue weighted by Crippen LogP contribution is 2.29. The van der Waals surface area contributed by atoms with Gasteiger partial charge in [-0.25, -0.2) is 8.42 Å². The number of amides is 2. The summed E-state index contributed by atoms with van der Waals surface area (Å²) in [5.41, 5.74) is 1.56. The van der Waals surface area contributed by atoms with Crippen molar-refractivity contribution >= 4 is 50.7 Å². The Morgan fingerprint density at radius 1 is 1.00 bits per heavy atom. The van der Waals surface area contributed by atoms with Crippen molar-refractivity contribution < 1.29 is 18.0 Å². The van der Waals surface area contributed by atoms with Crippen LogP contribution in [0.3, 0.4) is 0 Å². The number of halogens is 2. The molecule has 184 valence electrons. The molecule has 1 fully saturated rings. The van der Waals surface area contributed by atoms with E-state index in [0.717, 1.165) is 19.1 Å². The highest BCUT2D eigenvalue weighted by molar-refractivity contribution is 7.92. The molecule has 7 nitrogen and oxygen atoms in total. The normalized spacial score (nSPS) is 15.8. The van der Waals surface area contributed by atoms with E-state index < -0.39 is 22.0 Å². The third-order valence-corrected chi connectivity index (χ3v) is 6.91. The summed E-state index contributed by atoms with van der Waals surface area (Å²) >= 11 is 12.1. The first-order valence-corrected chi connectivity index (χ1v) is 13.7. The molecule has 34 heavy (non-hydrogen) atoms. The van der Waals surface area contributed by atoms with Gasteiger partial charge in [-0.3, -0.25) is 14.3 Å². The average Bonchev–Trinajstić information content (AvgIpc) is 2.75. The van der Waals surface area contributed by atoms with E-state index in [1.807, 2.05) is 38.1 Å². The van der Waals surface area contributed by atoms with Crippen molar-refractivity contribution in [3.8, 4) is 0 Å². The number of anilines is 1. The zero-order valence-electron chi connectivity index (χ0n) is 19.3. The highest BCUT2D eigenvalue weighted by atomic mass is 35.5. The predicted octanol–water partition coefficient (Wildman–Crippen LogP) is 4.53. The molecule has 0 saturated carbocycles. The summed E-state index contributed by atoms with van der Waals surface area (Å²) < 4.78 is 25.4. The molecule has 2 aromatic rings. The Morgan fingerprint density at radius 2 is 1.62 bits per heavy atom. The Morgan fingerprint density at radius 3 is 2.18 bits per heavy atom. The van der Waals surface area contributed by atoms with Crippen LogP contribution in [-0.2, 0) is 14.8 Å². The number of rotatable bonds is 7. The van der Waals surface area contributed by atoms with Gasteiger partial charge in [0.2, 0.25) is 15.9 Å². The van der Waals surface area contributed by atoms with Crippen LogP contribution < -0.4 is 10.0 Å². The first-order valence-electron chi connectivity index (χ1n) is 11.1. The summed E-state index contributed by atoms with van der Waals surface area (Å²) in [4.78, 5) is 28.0. The largest absolute Gasteiger partial charge is 0.341 e. The van der Waals surface area contributed by atoms with Crippen molar-refractivity contribution in [1.82, 2.24) is 10.2 Å². The number of piperidine rings is 1. The first-order chi connectivity index (χ1) is 15.9. The van der Waals surface area contributed by atoms with Crippen LogP contribution in [0.4, 0.5) is 5.69 Å². The van der Waals surface area contributed by atoms with Crippen LogP contribution in [0.5, 0.6) is 0 Å². The van der Waals surface area contributed by atoms with E-state index in [4.69, 9.17) is 23.2 Å². The number of carbonyl (C=O) groups is 2. The Balaban J connectivity index is 1.67. The molecule has 1 aliphatic rings. The monoisotopic (exact) mass is 525 g/mol. The Labute approximate surface area is 210 Å². The van der Waals surface area contributed by atoms with Gasteiger partial charge in [0.25, 0.3) is 5.91 Å². The topological polar surface area (TPSA) is 95.6 Å². The van der Waals surface area contributed by atoms with Crippen LogP contribution in [0.2, 0.25) is 10.0 Å². The van der Waals surface area contributed by atoms with Crippen molar-refractivity contribution in [1.29, 1.82) is 0 Å². The highest BCUT2D eigenvalue weighted by Gasteiger charge is 2.32. The SMILES string of the molecule is CC(C)[C@@H](NC(=O)c1cc(Cl)cc(NS(C)(=O)=O)c1)C(=O)N1CCC(c2ccc(Cl)cc2)CC1. The molecule has 0 unspecified atom stereocenters. The fourth-order valence-electron chi connectivity index (χ4n) is 4.10. The lowest BCUT2D eigenvalue weighted by Gasteiger charge is -2.35. The van der Waals surface area contributed by atoms with Gasteiger partial charge in [-0.05, 0) is 60.6 Å². The van der Waals surface area contributed by atoms with Crippen molar-refractivity contribution in [3.05, 3.63) is 63.6 Å². The maximum atomic E-state index is 13.3. The molecule has 2 aromatic carbocycles. The van der Waals surface area contributed by atoms with E-state index in [-0.39, 0.29) is 28.1 Å². The van der Waals surface area contributed by atoms with Crippen molar-refractivity contribution in [2.45, 2.75) is 38.6 Å². The van der Waals surface area contributed by atoms with Gasteiger partial charge in [0, 0.05) is 28.7 Å². The average molecular weight is 526 g/mol. The van der Waals surface area contributed by atoms with E-state index in [0.29, 0.717) is 24.0 Å². The summed E-state index contributed by atoms with van der Waals surface area (Å²) in [6.45, 7) is 4.95. The summed E-state index contributed by atoms with van der Waals surface area (Å²) in [7, 11) is -3.54. The minimum absolute atomic E-state index is 0.130. The summed E-state index contributed by atoms with van der Waals surface area (Å²) in [6, 6.07) is 11.3. The van der Waals surface area contributed by atoms with Crippen molar-refractivity contribution in [2.75, 3.05) is 24.1 Å². The second kappa shape index (κ2) is 11.0.